The second kappa shape index (κ2) is 4.09. The fourth-order valence-corrected chi connectivity index (χ4v) is 1.18. The van der Waals surface area contributed by atoms with Crippen molar-refractivity contribution in [2.75, 3.05) is 0 Å². The summed E-state index contributed by atoms with van der Waals surface area (Å²) in [4.78, 5) is 21.3. The molecule has 4 heteroatoms. The molecule has 0 saturated carbocycles. The van der Waals surface area contributed by atoms with Crippen LogP contribution in [-0.2, 0) is 9.59 Å². The highest BCUT2D eigenvalue weighted by Crippen LogP contribution is 2.31. The third kappa shape index (κ3) is 2.22. The first-order chi connectivity index (χ1) is 5.96. The quantitative estimate of drug-likeness (QED) is 0.707. The second-order valence-electron chi connectivity index (χ2n) is 3.26. The minimum Gasteiger partial charge on any atom is -0.481 e. The standard InChI is InChI=1S/C9H10O4.CH4/c1-9(8(12)13)4-2-3-6(5-9)7(10)11;/h2-4H,5H2,1H3,(H,10,11)(H,12,13);1H4. The van der Waals surface area contributed by atoms with E-state index < -0.39 is 17.4 Å². The summed E-state index contributed by atoms with van der Waals surface area (Å²) >= 11 is 0. The van der Waals surface area contributed by atoms with E-state index in [4.69, 9.17) is 10.2 Å². The van der Waals surface area contributed by atoms with Crippen molar-refractivity contribution in [3.05, 3.63) is 23.8 Å². The van der Waals surface area contributed by atoms with Crippen LogP contribution < -0.4 is 0 Å². The van der Waals surface area contributed by atoms with Crippen molar-refractivity contribution in [3.8, 4) is 0 Å². The van der Waals surface area contributed by atoms with Crippen LogP contribution >= 0.6 is 0 Å². The highest BCUT2D eigenvalue weighted by Gasteiger charge is 2.34. The summed E-state index contributed by atoms with van der Waals surface area (Å²) in [7, 11) is 0. The van der Waals surface area contributed by atoms with Gasteiger partial charge in [-0.1, -0.05) is 25.7 Å². The van der Waals surface area contributed by atoms with Crippen molar-refractivity contribution < 1.29 is 19.8 Å². The van der Waals surface area contributed by atoms with Crippen molar-refractivity contribution in [1.29, 1.82) is 0 Å². The average Bonchev–Trinajstić information content (AvgIpc) is 2.04. The monoisotopic (exact) mass is 198 g/mol. The molecule has 1 aliphatic rings. The lowest BCUT2D eigenvalue weighted by Crippen LogP contribution is -2.28. The number of aliphatic carboxylic acids is 2. The molecular weight excluding hydrogens is 184 g/mol. The highest BCUT2D eigenvalue weighted by molar-refractivity contribution is 5.90. The van der Waals surface area contributed by atoms with Crippen molar-refractivity contribution >= 4 is 11.9 Å². The van der Waals surface area contributed by atoms with Crippen molar-refractivity contribution in [2.24, 2.45) is 5.41 Å². The normalized spacial score (nSPS) is 24.8. The van der Waals surface area contributed by atoms with Gasteiger partial charge in [-0.25, -0.2) is 4.79 Å². The first kappa shape index (κ1) is 12.4. The Kier molecular flexibility index (Phi) is 3.62. The molecule has 2 N–H and O–H groups in total. The fraction of sp³-hybridized carbons (Fsp3) is 0.400. The van der Waals surface area contributed by atoms with Crippen LogP contribution in [0.1, 0.15) is 20.8 Å². The summed E-state index contributed by atoms with van der Waals surface area (Å²) in [6, 6.07) is 0. The summed E-state index contributed by atoms with van der Waals surface area (Å²) in [6.07, 6.45) is 4.43. The first-order valence-electron chi connectivity index (χ1n) is 3.81. The highest BCUT2D eigenvalue weighted by atomic mass is 16.4. The third-order valence-electron chi connectivity index (χ3n) is 2.08. The lowest BCUT2D eigenvalue weighted by atomic mass is 9.80. The molecule has 1 aliphatic carbocycles. The van der Waals surface area contributed by atoms with Gasteiger partial charge in [-0.3, -0.25) is 4.79 Å². The Labute approximate surface area is 82.6 Å². The maximum absolute atomic E-state index is 10.8. The second-order valence-corrected chi connectivity index (χ2v) is 3.26. The lowest BCUT2D eigenvalue weighted by molar-refractivity contribution is -0.145. The van der Waals surface area contributed by atoms with Gasteiger partial charge < -0.3 is 10.2 Å². The molecule has 0 bridgehead atoms. The topological polar surface area (TPSA) is 74.6 Å². The number of hydrogen-bond donors (Lipinski definition) is 2. The zero-order chi connectivity index (χ0) is 10.1. The van der Waals surface area contributed by atoms with E-state index in [9.17, 15) is 9.59 Å². The van der Waals surface area contributed by atoms with Crippen LogP contribution in [0.15, 0.2) is 23.8 Å². The van der Waals surface area contributed by atoms with E-state index >= 15 is 0 Å². The molecule has 0 heterocycles. The molecule has 0 aromatic heterocycles. The van der Waals surface area contributed by atoms with Gasteiger partial charge in [0.05, 0.1) is 5.41 Å². The van der Waals surface area contributed by atoms with E-state index in [0.29, 0.717) is 0 Å². The van der Waals surface area contributed by atoms with Gasteiger partial charge in [0.2, 0.25) is 0 Å². The van der Waals surface area contributed by atoms with E-state index in [1.165, 1.54) is 25.2 Å². The van der Waals surface area contributed by atoms with E-state index in [1.54, 1.807) is 0 Å². The summed E-state index contributed by atoms with van der Waals surface area (Å²) < 4.78 is 0. The van der Waals surface area contributed by atoms with Gasteiger partial charge in [-0.15, -0.1) is 0 Å². The Hall–Kier alpha value is -1.58. The SMILES string of the molecule is C.CC1(C(=O)O)C=CC=C(C(=O)O)C1. The van der Waals surface area contributed by atoms with E-state index in [2.05, 4.69) is 0 Å². The van der Waals surface area contributed by atoms with Crippen molar-refractivity contribution in [2.45, 2.75) is 20.8 Å². The number of rotatable bonds is 2. The molecular formula is C10H14O4. The van der Waals surface area contributed by atoms with E-state index in [1.807, 2.05) is 0 Å². The van der Waals surface area contributed by atoms with Gasteiger partial charge >= 0.3 is 11.9 Å². The largest absolute Gasteiger partial charge is 0.481 e. The molecule has 1 rings (SSSR count). The van der Waals surface area contributed by atoms with Gasteiger partial charge in [0.1, 0.15) is 0 Å². The number of carboxylic acids is 2. The average molecular weight is 198 g/mol. The van der Waals surface area contributed by atoms with Crippen LogP contribution in [0.3, 0.4) is 0 Å². The molecule has 0 radical (unpaired) electrons. The van der Waals surface area contributed by atoms with Crippen molar-refractivity contribution in [1.82, 2.24) is 0 Å². The van der Waals surface area contributed by atoms with Gasteiger partial charge in [-0.05, 0) is 13.3 Å². The Morgan fingerprint density at radius 1 is 1.43 bits per heavy atom. The fourth-order valence-electron chi connectivity index (χ4n) is 1.18. The molecule has 1 atom stereocenters. The Balaban J connectivity index is 0.00000169. The minimum absolute atomic E-state index is 0. The van der Waals surface area contributed by atoms with Gasteiger partial charge in [0.15, 0.2) is 0 Å². The zero-order valence-electron chi connectivity index (χ0n) is 7.15. The lowest BCUT2D eigenvalue weighted by Gasteiger charge is -2.23. The Bertz CT molecular complexity index is 314. The number of hydrogen-bond acceptors (Lipinski definition) is 2. The Morgan fingerprint density at radius 3 is 2.43 bits per heavy atom. The van der Waals surface area contributed by atoms with Crippen LogP contribution in [0.2, 0.25) is 0 Å². The van der Waals surface area contributed by atoms with Gasteiger partial charge in [0, 0.05) is 5.57 Å². The summed E-state index contributed by atoms with van der Waals surface area (Å²) in [5.74, 6) is -2.06. The summed E-state index contributed by atoms with van der Waals surface area (Å²) in [5, 5.41) is 17.5. The maximum Gasteiger partial charge on any atom is 0.331 e. The Morgan fingerprint density at radius 2 is 2.00 bits per heavy atom. The summed E-state index contributed by atoms with van der Waals surface area (Å²) in [6.45, 7) is 1.50. The molecule has 0 aromatic rings. The molecule has 0 saturated heterocycles. The van der Waals surface area contributed by atoms with Crippen LogP contribution in [0.25, 0.3) is 0 Å². The number of allylic oxidation sites excluding steroid dienone is 2. The molecule has 0 aliphatic heterocycles. The molecule has 1 unspecified atom stereocenters. The van der Waals surface area contributed by atoms with Crippen LogP contribution in [0, 0.1) is 5.41 Å². The maximum atomic E-state index is 10.8. The molecule has 78 valence electrons. The molecule has 0 spiro atoms. The molecule has 0 fully saturated rings. The summed E-state index contributed by atoms with van der Waals surface area (Å²) in [5.41, 5.74) is -0.949. The smallest absolute Gasteiger partial charge is 0.331 e. The van der Waals surface area contributed by atoms with E-state index in [-0.39, 0.29) is 19.4 Å². The molecule has 14 heavy (non-hydrogen) atoms. The van der Waals surface area contributed by atoms with Gasteiger partial charge in [0.25, 0.3) is 0 Å². The van der Waals surface area contributed by atoms with Crippen LogP contribution in [0.5, 0.6) is 0 Å². The zero-order valence-corrected chi connectivity index (χ0v) is 7.15. The van der Waals surface area contributed by atoms with Crippen LogP contribution in [0.4, 0.5) is 0 Å². The van der Waals surface area contributed by atoms with Crippen molar-refractivity contribution in [3.63, 3.8) is 0 Å². The predicted octanol–water partition coefficient (Wildman–Crippen LogP) is 1.68. The van der Waals surface area contributed by atoms with Gasteiger partial charge in [-0.2, -0.15) is 0 Å². The predicted molar refractivity (Wildman–Crippen MR) is 51.9 cm³/mol. The molecule has 4 nitrogen and oxygen atoms in total. The minimum atomic E-state index is -1.08. The van der Waals surface area contributed by atoms with E-state index in [0.717, 1.165) is 0 Å². The third-order valence-corrected chi connectivity index (χ3v) is 2.08. The van der Waals surface area contributed by atoms with Crippen LogP contribution in [-0.4, -0.2) is 22.2 Å². The first-order valence-corrected chi connectivity index (χ1v) is 3.81. The molecule has 0 aromatic carbocycles. The number of carboxylic acid groups (broad SMARTS) is 2. The molecule has 0 amide bonds. The number of carbonyl (C=O) groups is 2.